The number of anilines is 1. The lowest BCUT2D eigenvalue weighted by atomic mass is 10.2. The summed E-state index contributed by atoms with van der Waals surface area (Å²) in [6.07, 6.45) is 1.49. The highest BCUT2D eigenvalue weighted by Crippen LogP contribution is 2.19. The Labute approximate surface area is 149 Å². The van der Waals surface area contributed by atoms with Crippen molar-refractivity contribution in [1.29, 1.82) is 0 Å². The van der Waals surface area contributed by atoms with Gasteiger partial charge in [-0.15, -0.1) is 0 Å². The SMILES string of the molecule is O=C(NCc1ccco1)c1cccc(S(=O)(=O)Nc2ccccc2F)c1. The fraction of sp³-hybridized carbons (Fsp3) is 0.0556. The van der Waals surface area contributed by atoms with Crippen molar-refractivity contribution in [1.82, 2.24) is 5.32 Å². The van der Waals surface area contributed by atoms with E-state index in [2.05, 4.69) is 10.0 Å². The molecule has 0 fully saturated rings. The summed E-state index contributed by atoms with van der Waals surface area (Å²) in [6.45, 7) is 0.177. The standard InChI is InChI=1S/C18H15FN2O4S/c19-16-8-1-2-9-17(16)21-26(23,24)15-7-3-5-13(11-15)18(22)20-12-14-6-4-10-25-14/h1-11,21H,12H2,(H,20,22). The number of sulfonamides is 1. The van der Waals surface area contributed by atoms with Gasteiger partial charge in [-0.05, 0) is 42.5 Å². The second kappa shape index (κ2) is 7.40. The number of nitrogens with one attached hydrogen (secondary N) is 2. The van der Waals surface area contributed by atoms with Gasteiger partial charge in [-0.25, -0.2) is 12.8 Å². The van der Waals surface area contributed by atoms with Crippen molar-refractivity contribution in [3.63, 3.8) is 0 Å². The van der Waals surface area contributed by atoms with Crippen LogP contribution in [0.1, 0.15) is 16.1 Å². The normalized spacial score (nSPS) is 11.1. The third-order valence-electron chi connectivity index (χ3n) is 3.53. The van der Waals surface area contributed by atoms with Gasteiger partial charge in [0, 0.05) is 5.56 Å². The predicted molar refractivity (Wildman–Crippen MR) is 93.5 cm³/mol. The van der Waals surface area contributed by atoms with Gasteiger partial charge in [0.15, 0.2) is 0 Å². The molecule has 0 aliphatic rings. The third-order valence-corrected chi connectivity index (χ3v) is 4.89. The maximum absolute atomic E-state index is 13.7. The van der Waals surface area contributed by atoms with Crippen LogP contribution in [0, 0.1) is 5.82 Å². The summed E-state index contributed by atoms with van der Waals surface area (Å²) in [7, 11) is -4.04. The predicted octanol–water partition coefficient (Wildman–Crippen LogP) is 3.15. The number of para-hydroxylation sites is 1. The summed E-state index contributed by atoms with van der Waals surface area (Å²) in [4.78, 5) is 12.1. The molecule has 1 amide bonds. The molecule has 3 rings (SSSR count). The molecule has 26 heavy (non-hydrogen) atoms. The summed E-state index contributed by atoms with van der Waals surface area (Å²) in [5.41, 5.74) is -0.00635. The topological polar surface area (TPSA) is 88.4 Å². The molecule has 2 aromatic carbocycles. The maximum atomic E-state index is 13.7. The van der Waals surface area contributed by atoms with Crippen molar-refractivity contribution in [3.8, 4) is 0 Å². The quantitative estimate of drug-likeness (QED) is 0.694. The van der Waals surface area contributed by atoms with Crippen molar-refractivity contribution < 1.29 is 22.0 Å². The van der Waals surface area contributed by atoms with Crippen LogP contribution in [-0.4, -0.2) is 14.3 Å². The maximum Gasteiger partial charge on any atom is 0.262 e. The van der Waals surface area contributed by atoms with Crippen LogP contribution in [0.25, 0.3) is 0 Å². The van der Waals surface area contributed by atoms with Crippen LogP contribution >= 0.6 is 0 Å². The van der Waals surface area contributed by atoms with E-state index in [0.29, 0.717) is 5.76 Å². The molecule has 0 saturated heterocycles. The summed E-state index contributed by atoms with van der Waals surface area (Å²) in [6, 6.07) is 14.3. The molecule has 0 radical (unpaired) electrons. The zero-order valence-corrected chi connectivity index (χ0v) is 14.3. The lowest BCUT2D eigenvalue weighted by Crippen LogP contribution is -2.23. The second-order valence-electron chi connectivity index (χ2n) is 5.38. The van der Waals surface area contributed by atoms with Gasteiger partial charge in [0.25, 0.3) is 15.9 Å². The number of carbonyl (C=O) groups is 1. The number of amides is 1. The Balaban J connectivity index is 1.77. The van der Waals surface area contributed by atoms with E-state index in [1.165, 1.54) is 48.7 Å². The first-order chi connectivity index (χ1) is 12.5. The summed E-state index contributed by atoms with van der Waals surface area (Å²) in [5.74, 6) is -0.573. The molecule has 6 nitrogen and oxygen atoms in total. The molecule has 8 heteroatoms. The van der Waals surface area contributed by atoms with Crippen LogP contribution in [0.5, 0.6) is 0 Å². The minimum Gasteiger partial charge on any atom is -0.467 e. The van der Waals surface area contributed by atoms with E-state index in [1.807, 2.05) is 0 Å². The van der Waals surface area contributed by atoms with Crippen LogP contribution in [0.2, 0.25) is 0 Å². The molecule has 0 unspecified atom stereocenters. The van der Waals surface area contributed by atoms with Crippen LogP contribution < -0.4 is 10.0 Å². The van der Waals surface area contributed by atoms with Gasteiger partial charge in [-0.3, -0.25) is 9.52 Å². The Hall–Kier alpha value is -3.13. The monoisotopic (exact) mass is 374 g/mol. The fourth-order valence-electron chi connectivity index (χ4n) is 2.23. The molecule has 0 saturated carbocycles. The van der Waals surface area contributed by atoms with Gasteiger partial charge in [-0.2, -0.15) is 0 Å². The minimum absolute atomic E-state index is 0.147. The average molecular weight is 374 g/mol. The molecule has 3 aromatic rings. The van der Waals surface area contributed by atoms with E-state index >= 15 is 0 Å². The highest BCUT2D eigenvalue weighted by atomic mass is 32.2. The highest BCUT2D eigenvalue weighted by Gasteiger charge is 2.18. The van der Waals surface area contributed by atoms with Gasteiger partial charge < -0.3 is 9.73 Å². The first-order valence-electron chi connectivity index (χ1n) is 7.64. The summed E-state index contributed by atoms with van der Waals surface area (Å²) < 4.78 is 45.9. The van der Waals surface area contributed by atoms with E-state index in [4.69, 9.17) is 4.42 Å². The zero-order valence-electron chi connectivity index (χ0n) is 13.5. The van der Waals surface area contributed by atoms with E-state index in [0.717, 1.165) is 6.07 Å². The number of halogens is 1. The number of hydrogen-bond donors (Lipinski definition) is 2. The Morgan fingerprint density at radius 3 is 2.58 bits per heavy atom. The van der Waals surface area contributed by atoms with Gasteiger partial charge in [-0.1, -0.05) is 18.2 Å². The van der Waals surface area contributed by atoms with Gasteiger partial charge >= 0.3 is 0 Å². The van der Waals surface area contributed by atoms with Gasteiger partial charge in [0.05, 0.1) is 23.4 Å². The molecule has 0 atom stereocenters. The third kappa shape index (κ3) is 4.09. The number of furan rings is 1. The Morgan fingerprint density at radius 1 is 1.04 bits per heavy atom. The molecule has 134 valence electrons. The molecule has 0 spiro atoms. The van der Waals surface area contributed by atoms with Crippen molar-refractivity contribution in [2.75, 3.05) is 4.72 Å². The Bertz CT molecular complexity index is 1020. The van der Waals surface area contributed by atoms with Crippen LogP contribution in [0.4, 0.5) is 10.1 Å². The molecular weight excluding hydrogens is 359 g/mol. The van der Waals surface area contributed by atoms with E-state index in [-0.39, 0.29) is 22.7 Å². The molecule has 0 aliphatic carbocycles. The Morgan fingerprint density at radius 2 is 1.85 bits per heavy atom. The molecule has 1 heterocycles. The molecular formula is C18H15FN2O4S. The zero-order chi connectivity index (χ0) is 18.6. The lowest BCUT2D eigenvalue weighted by Gasteiger charge is -2.10. The van der Waals surface area contributed by atoms with Crippen molar-refractivity contribution in [2.45, 2.75) is 11.4 Å². The number of carbonyl (C=O) groups excluding carboxylic acids is 1. The number of rotatable bonds is 6. The first kappa shape index (κ1) is 17.7. The summed E-state index contributed by atoms with van der Waals surface area (Å²) in [5, 5.41) is 2.63. The van der Waals surface area contributed by atoms with Crippen LogP contribution in [0.3, 0.4) is 0 Å². The largest absolute Gasteiger partial charge is 0.467 e. The smallest absolute Gasteiger partial charge is 0.262 e. The van der Waals surface area contributed by atoms with E-state index < -0.39 is 21.7 Å². The molecule has 0 aliphatic heterocycles. The number of benzene rings is 2. The van der Waals surface area contributed by atoms with Crippen LogP contribution in [-0.2, 0) is 16.6 Å². The molecule has 2 N–H and O–H groups in total. The lowest BCUT2D eigenvalue weighted by molar-refractivity contribution is 0.0948. The fourth-order valence-corrected chi connectivity index (χ4v) is 3.35. The van der Waals surface area contributed by atoms with Crippen LogP contribution in [0.15, 0.2) is 76.2 Å². The van der Waals surface area contributed by atoms with Crippen molar-refractivity contribution in [3.05, 3.63) is 84.1 Å². The first-order valence-corrected chi connectivity index (χ1v) is 9.12. The Kier molecular flexibility index (Phi) is 5.04. The van der Waals surface area contributed by atoms with Crippen molar-refractivity contribution in [2.24, 2.45) is 0 Å². The van der Waals surface area contributed by atoms with Gasteiger partial charge in [0.2, 0.25) is 0 Å². The highest BCUT2D eigenvalue weighted by molar-refractivity contribution is 7.92. The minimum atomic E-state index is -4.04. The molecule has 1 aromatic heterocycles. The second-order valence-corrected chi connectivity index (χ2v) is 7.06. The van der Waals surface area contributed by atoms with E-state index in [1.54, 1.807) is 12.1 Å². The average Bonchev–Trinajstić information content (AvgIpc) is 3.15. The summed E-state index contributed by atoms with van der Waals surface area (Å²) >= 11 is 0. The van der Waals surface area contributed by atoms with Gasteiger partial charge in [0.1, 0.15) is 11.6 Å². The van der Waals surface area contributed by atoms with Crippen molar-refractivity contribution >= 4 is 21.6 Å². The van der Waals surface area contributed by atoms with E-state index in [9.17, 15) is 17.6 Å². The molecule has 0 bridgehead atoms. The number of hydrogen-bond acceptors (Lipinski definition) is 4.